The highest BCUT2D eigenvalue weighted by molar-refractivity contribution is 6.44. The van der Waals surface area contributed by atoms with Crippen molar-refractivity contribution in [2.24, 2.45) is 0 Å². The van der Waals surface area contributed by atoms with Crippen molar-refractivity contribution in [3.05, 3.63) is 47.5 Å². The van der Waals surface area contributed by atoms with Gasteiger partial charge in [0.2, 0.25) is 5.91 Å². The van der Waals surface area contributed by atoms with E-state index in [0.29, 0.717) is 22.1 Å². The van der Waals surface area contributed by atoms with Gasteiger partial charge in [0.05, 0.1) is 12.8 Å². The molecule has 2 aromatic rings. The molecule has 8 heteroatoms. The van der Waals surface area contributed by atoms with Crippen LogP contribution in [0.25, 0.3) is 0 Å². The number of carbonyl (C=O) groups is 3. The van der Waals surface area contributed by atoms with Crippen LogP contribution in [0, 0.1) is 0 Å². The van der Waals surface area contributed by atoms with Crippen molar-refractivity contribution >= 4 is 46.4 Å². The molecule has 3 N–H and O–H groups in total. The number of carbonyl (C=O) groups excluding carboxylic acids is 3. The second-order valence-corrected chi connectivity index (χ2v) is 5.45. The lowest BCUT2D eigenvalue weighted by molar-refractivity contribution is -0.133. The number of ether oxygens (including phenoxy) is 1. The summed E-state index contributed by atoms with van der Waals surface area (Å²) in [4.78, 5) is 35.0. The molecule has 0 atom stereocenters. The molecule has 0 saturated heterocycles. The van der Waals surface area contributed by atoms with Crippen molar-refractivity contribution in [1.29, 1.82) is 0 Å². The number of amides is 3. The van der Waals surface area contributed by atoms with Gasteiger partial charge in [0.25, 0.3) is 0 Å². The Morgan fingerprint density at radius 3 is 2.00 bits per heavy atom. The van der Waals surface area contributed by atoms with Gasteiger partial charge in [-0.3, -0.25) is 14.4 Å². The zero-order valence-corrected chi connectivity index (χ0v) is 14.3. The Bertz CT molecular complexity index is 806. The van der Waals surface area contributed by atoms with Gasteiger partial charge >= 0.3 is 11.8 Å². The molecular weight excluding hydrogens is 346 g/mol. The Labute approximate surface area is 149 Å². The normalized spacial score (nSPS) is 9.88. The minimum Gasteiger partial charge on any atom is -0.495 e. The van der Waals surface area contributed by atoms with Gasteiger partial charge in [0.1, 0.15) is 5.75 Å². The van der Waals surface area contributed by atoms with Crippen molar-refractivity contribution in [2.75, 3.05) is 23.1 Å². The third-order valence-electron chi connectivity index (χ3n) is 3.08. The maximum atomic E-state index is 12.0. The number of nitrogens with one attached hydrogen (secondary N) is 3. The van der Waals surface area contributed by atoms with Crippen LogP contribution in [0.15, 0.2) is 42.5 Å². The lowest BCUT2D eigenvalue weighted by Crippen LogP contribution is -2.29. The zero-order valence-electron chi connectivity index (χ0n) is 13.6. The average Bonchev–Trinajstić information content (AvgIpc) is 2.56. The number of anilines is 3. The second-order valence-electron chi connectivity index (χ2n) is 5.01. The molecular formula is C17H16ClN3O4. The summed E-state index contributed by atoms with van der Waals surface area (Å²) < 4.78 is 5.10. The molecule has 2 aromatic carbocycles. The highest BCUT2D eigenvalue weighted by Gasteiger charge is 2.16. The topological polar surface area (TPSA) is 96.5 Å². The van der Waals surface area contributed by atoms with Gasteiger partial charge in [-0.05, 0) is 42.5 Å². The summed E-state index contributed by atoms with van der Waals surface area (Å²) in [7, 11) is 1.44. The Morgan fingerprint density at radius 2 is 1.44 bits per heavy atom. The van der Waals surface area contributed by atoms with Crippen LogP contribution in [-0.2, 0) is 14.4 Å². The molecule has 0 aliphatic rings. The van der Waals surface area contributed by atoms with E-state index in [9.17, 15) is 14.4 Å². The Kier molecular flexibility index (Phi) is 5.97. The minimum absolute atomic E-state index is 0.202. The highest BCUT2D eigenvalue weighted by atomic mass is 35.5. The van der Waals surface area contributed by atoms with E-state index in [1.165, 1.54) is 20.1 Å². The molecule has 0 aliphatic carbocycles. The van der Waals surface area contributed by atoms with Crippen LogP contribution in [0.1, 0.15) is 6.92 Å². The Morgan fingerprint density at radius 1 is 0.880 bits per heavy atom. The molecule has 0 aliphatic heterocycles. The quantitative estimate of drug-likeness (QED) is 0.729. The van der Waals surface area contributed by atoms with Gasteiger partial charge in [0, 0.05) is 23.3 Å². The molecule has 25 heavy (non-hydrogen) atoms. The molecule has 0 spiro atoms. The third kappa shape index (κ3) is 5.22. The van der Waals surface area contributed by atoms with E-state index in [1.54, 1.807) is 36.4 Å². The smallest absolute Gasteiger partial charge is 0.314 e. The first-order chi connectivity index (χ1) is 11.9. The van der Waals surface area contributed by atoms with Crippen LogP contribution in [0.2, 0.25) is 5.02 Å². The van der Waals surface area contributed by atoms with Crippen molar-refractivity contribution < 1.29 is 19.1 Å². The summed E-state index contributed by atoms with van der Waals surface area (Å²) in [6.45, 7) is 1.39. The predicted octanol–water partition coefficient (Wildman–Crippen LogP) is 2.88. The Balaban J connectivity index is 2.02. The number of rotatable bonds is 4. The van der Waals surface area contributed by atoms with Gasteiger partial charge in [-0.15, -0.1) is 0 Å². The molecule has 0 radical (unpaired) electrons. The highest BCUT2D eigenvalue weighted by Crippen LogP contribution is 2.27. The first-order valence-corrected chi connectivity index (χ1v) is 7.60. The second kappa shape index (κ2) is 8.16. The SMILES string of the molecule is COc1ccc(Cl)cc1NC(=O)C(=O)Nc1ccc(NC(C)=O)cc1. The van der Waals surface area contributed by atoms with E-state index in [-0.39, 0.29) is 11.6 Å². The van der Waals surface area contributed by atoms with Crippen LogP contribution in [0.3, 0.4) is 0 Å². The summed E-state index contributed by atoms with van der Waals surface area (Å²) in [6, 6.07) is 11.0. The third-order valence-corrected chi connectivity index (χ3v) is 3.31. The van der Waals surface area contributed by atoms with Gasteiger partial charge in [-0.25, -0.2) is 0 Å². The summed E-state index contributed by atoms with van der Waals surface area (Å²) >= 11 is 5.88. The molecule has 0 fully saturated rings. The van der Waals surface area contributed by atoms with Gasteiger partial charge in [0.15, 0.2) is 0 Å². The monoisotopic (exact) mass is 361 g/mol. The van der Waals surface area contributed by atoms with Crippen molar-refractivity contribution in [3.63, 3.8) is 0 Å². The molecule has 3 amide bonds. The first-order valence-electron chi connectivity index (χ1n) is 7.22. The molecule has 0 aromatic heterocycles. The number of halogens is 1. The van der Waals surface area contributed by atoms with Gasteiger partial charge in [-0.1, -0.05) is 11.6 Å². The fourth-order valence-corrected chi connectivity index (χ4v) is 2.16. The largest absolute Gasteiger partial charge is 0.495 e. The van der Waals surface area contributed by atoms with E-state index < -0.39 is 11.8 Å². The van der Waals surface area contributed by atoms with Crippen LogP contribution in [0.5, 0.6) is 5.75 Å². The van der Waals surface area contributed by atoms with Crippen LogP contribution in [-0.4, -0.2) is 24.8 Å². The van der Waals surface area contributed by atoms with Crippen LogP contribution in [0.4, 0.5) is 17.1 Å². The van der Waals surface area contributed by atoms with Crippen molar-refractivity contribution in [2.45, 2.75) is 6.92 Å². The van der Waals surface area contributed by atoms with E-state index >= 15 is 0 Å². The summed E-state index contributed by atoms with van der Waals surface area (Å²) in [5.41, 5.74) is 1.28. The predicted molar refractivity (Wildman–Crippen MR) is 96.0 cm³/mol. The van der Waals surface area contributed by atoms with E-state index in [1.807, 2.05) is 0 Å². The molecule has 0 unspecified atom stereocenters. The molecule has 7 nitrogen and oxygen atoms in total. The maximum Gasteiger partial charge on any atom is 0.314 e. The molecule has 0 saturated carbocycles. The van der Waals surface area contributed by atoms with E-state index in [4.69, 9.17) is 16.3 Å². The first kappa shape index (κ1) is 18.3. The number of hydrogen-bond donors (Lipinski definition) is 3. The van der Waals surface area contributed by atoms with Crippen LogP contribution >= 0.6 is 11.6 Å². The summed E-state index contributed by atoms with van der Waals surface area (Å²) in [5, 5.41) is 7.89. The fourth-order valence-electron chi connectivity index (χ4n) is 1.98. The van der Waals surface area contributed by atoms with E-state index in [2.05, 4.69) is 16.0 Å². The van der Waals surface area contributed by atoms with Gasteiger partial charge in [-0.2, -0.15) is 0 Å². The van der Waals surface area contributed by atoms with Crippen molar-refractivity contribution in [3.8, 4) is 5.75 Å². The number of methoxy groups -OCH3 is 1. The maximum absolute atomic E-state index is 12.0. The fraction of sp³-hybridized carbons (Fsp3) is 0.118. The minimum atomic E-state index is -0.869. The van der Waals surface area contributed by atoms with E-state index in [0.717, 1.165) is 0 Å². The Hall–Kier alpha value is -3.06. The van der Waals surface area contributed by atoms with Gasteiger partial charge < -0.3 is 20.7 Å². The number of benzene rings is 2. The van der Waals surface area contributed by atoms with Crippen LogP contribution < -0.4 is 20.7 Å². The lowest BCUT2D eigenvalue weighted by atomic mass is 10.2. The standard InChI is InChI=1S/C17H16ClN3O4/c1-10(22)19-12-4-6-13(7-5-12)20-16(23)17(24)21-14-9-11(18)3-8-15(14)25-2/h3-9H,1-2H3,(H,19,22)(H,20,23)(H,21,24). The summed E-state index contributed by atoms with van der Waals surface area (Å²) in [5.74, 6) is -1.54. The molecule has 130 valence electrons. The average molecular weight is 362 g/mol. The molecule has 0 bridgehead atoms. The lowest BCUT2D eigenvalue weighted by Gasteiger charge is -2.11. The zero-order chi connectivity index (χ0) is 18.4. The molecule has 0 heterocycles. The number of hydrogen-bond acceptors (Lipinski definition) is 4. The molecule has 2 rings (SSSR count). The summed E-state index contributed by atoms with van der Waals surface area (Å²) in [6.07, 6.45) is 0. The van der Waals surface area contributed by atoms with Crippen molar-refractivity contribution in [1.82, 2.24) is 0 Å².